The van der Waals surface area contributed by atoms with E-state index in [1.807, 2.05) is 24.3 Å². The SMILES string of the molecule is COC(=O)[C@H](Cc1ccc(OC)c(B(O)O)c1)NC(=O)[C@H](Cc1c[nH]c2ccccc12)NC(=O)OC(C)(C)C. The molecular formula is C27H34BN3O8. The molecule has 11 nitrogen and oxygen atoms in total. The van der Waals surface area contributed by atoms with Gasteiger partial charge in [-0.3, -0.25) is 4.79 Å². The molecule has 0 spiro atoms. The number of hydrogen-bond donors (Lipinski definition) is 5. The molecule has 1 heterocycles. The summed E-state index contributed by atoms with van der Waals surface area (Å²) in [6.07, 6.45) is 1.08. The molecule has 0 aliphatic heterocycles. The van der Waals surface area contributed by atoms with Crippen molar-refractivity contribution < 1.29 is 38.6 Å². The molecule has 5 N–H and O–H groups in total. The van der Waals surface area contributed by atoms with Gasteiger partial charge < -0.3 is 39.9 Å². The van der Waals surface area contributed by atoms with E-state index in [9.17, 15) is 24.4 Å². The van der Waals surface area contributed by atoms with Crippen molar-refractivity contribution in [2.75, 3.05) is 14.2 Å². The van der Waals surface area contributed by atoms with Gasteiger partial charge in [-0.2, -0.15) is 0 Å². The first-order valence-electron chi connectivity index (χ1n) is 12.4. The number of H-pyrrole nitrogens is 1. The Morgan fingerprint density at radius 3 is 2.36 bits per heavy atom. The average Bonchev–Trinajstić information content (AvgIpc) is 3.28. The smallest absolute Gasteiger partial charge is 0.492 e. The van der Waals surface area contributed by atoms with Crippen LogP contribution < -0.4 is 20.8 Å². The lowest BCUT2D eigenvalue weighted by atomic mass is 9.78. The highest BCUT2D eigenvalue weighted by Crippen LogP contribution is 2.20. The number of para-hydroxylation sites is 1. The number of carbonyl (C=O) groups excluding carboxylic acids is 3. The van der Waals surface area contributed by atoms with Crippen LogP contribution in [0.15, 0.2) is 48.7 Å². The number of rotatable bonds is 10. The molecule has 2 atom stereocenters. The highest BCUT2D eigenvalue weighted by atomic mass is 16.6. The second kappa shape index (κ2) is 12.7. The summed E-state index contributed by atoms with van der Waals surface area (Å²) in [5.74, 6) is -1.08. The van der Waals surface area contributed by atoms with E-state index in [0.29, 0.717) is 5.56 Å². The van der Waals surface area contributed by atoms with Crippen LogP contribution in [0.4, 0.5) is 4.79 Å². The minimum Gasteiger partial charge on any atom is -0.497 e. The quantitative estimate of drug-likeness (QED) is 0.190. The van der Waals surface area contributed by atoms with E-state index >= 15 is 0 Å². The Hall–Kier alpha value is -4.03. The molecule has 0 radical (unpaired) electrons. The number of esters is 1. The number of aromatic nitrogens is 1. The second-order valence-electron chi connectivity index (χ2n) is 10.0. The van der Waals surface area contributed by atoms with Crippen LogP contribution in [0.5, 0.6) is 5.75 Å². The third-order valence-electron chi connectivity index (χ3n) is 5.92. The van der Waals surface area contributed by atoms with Crippen molar-refractivity contribution in [2.45, 2.75) is 51.3 Å². The highest BCUT2D eigenvalue weighted by molar-refractivity contribution is 6.59. The number of nitrogens with one attached hydrogen (secondary N) is 3. The Morgan fingerprint density at radius 1 is 1.00 bits per heavy atom. The Balaban J connectivity index is 1.87. The summed E-state index contributed by atoms with van der Waals surface area (Å²) in [6, 6.07) is 9.96. The fraction of sp³-hybridized carbons (Fsp3) is 0.370. The summed E-state index contributed by atoms with van der Waals surface area (Å²) in [5, 5.41) is 25.6. The lowest BCUT2D eigenvalue weighted by Crippen LogP contribution is -2.54. The zero-order valence-corrected chi connectivity index (χ0v) is 22.6. The van der Waals surface area contributed by atoms with Gasteiger partial charge in [-0.15, -0.1) is 0 Å². The number of methoxy groups -OCH3 is 2. The molecule has 2 amide bonds. The topological polar surface area (TPSA) is 159 Å². The molecule has 0 saturated carbocycles. The maximum atomic E-state index is 13.5. The van der Waals surface area contributed by atoms with Crippen LogP contribution in [0.3, 0.4) is 0 Å². The van der Waals surface area contributed by atoms with Gasteiger partial charge >= 0.3 is 19.2 Å². The van der Waals surface area contributed by atoms with Crippen molar-refractivity contribution in [3.8, 4) is 5.75 Å². The lowest BCUT2D eigenvalue weighted by Gasteiger charge is -2.25. The molecule has 3 rings (SSSR count). The van der Waals surface area contributed by atoms with E-state index < -0.39 is 42.8 Å². The highest BCUT2D eigenvalue weighted by Gasteiger charge is 2.30. The zero-order valence-electron chi connectivity index (χ0n) is 22.6. The number of hydrogen-bond acceptors (Lipinski definition) is 8. The van der Waals surface area contributed by atoms with E-state index in [1.165, 1.54) is 26.4 Å². The molecule has 39 heavy (non-hydrogen) atoms. The van der Waals surface area contributed by atoms with Gasteiger partial charge in [0.2, 0.25) is 5.91 Å². The van der Waals surface area contributed by atoms with Gasteiger partial charge in [-0.1, -0.05) is 30.3 Å². The van der Waals surface area contributed by atoms with Crippen LogP contribution in [0, 0.1) is 0 Å². The van der Waals surface area contributed by atoms with Gasteiger partial charge in [-0.05, 0) is 44.0 Å². The van der Waals surface area contributed by atoms with Gasteiger partial charge in [-0.25, -0.2) is 9.59 Å². The molecule has 0 aliphatic carbocycles. The predicted molar refractivity (Wildman–Crippen MR) is 146 cm³/mol. The predicted octanol–water partition coefficient (Wildman–Crippen LogP) is 1.19. The molecule has 0 unspecified atom stereocenters. The summed E-state index contributed by atoms with van der Waals surface area (Å²) in [5.41, 5.74) is 1.49. The van der Waals surface area contributed by atoms with Crippen molar-refractivity contribution in [3.63, 3.8) is 0 Å². The zero-order chi connectivity index (χ0) is 28.7. The van der Waals surface area contributed by atoms with Gasteiger partial charge in [0.15, 0.2) is 0 Å². The fourth-order valence-corrected chi connectivity index (χ4v) is 4.14. The summed E-state index contributed by atoms with van der Waals surface area (Å²) in [7, 11) is 0.787. The van der Waals surface area contributed by atoms with Crippen LogP contribution in [-0.4, -0.2) is 72.0 Å². The minimum atomic E-state index is -1.80. The average molecular weight is 539 g/mol. The molecule has 0 bridgehead atoms. The molecule has 3 aromatic rings. The molecule has 208 valence electrons. The van der Waals surface area contributed by atoms with Crippen molar-refractivity contribution >= 4 is 41.5 Å². The number of benzene rings is 2. The first-order valence-corrected chi connectivity index (χ1v) is 12.4. The fourth-order valence-electron chi connectivity index (χ4n) is 4.14. The van der Waals surface area contributed by atoms with E-state index in [2.05, 4.69) is 15.6 Å². The van der Waals surface area contributed by atoms with Crippen LogP contribution in [0.1, 0.15) is 31.9 Å². The number of aromatic amines is 1. The Morgan fingerprint density at radius 2 is 1.72 bits per heavy atom. The molecule has 0 aliphatic rings. The summed E-state index contributed by atoms with van der Waals surface area (Å²) in [4.78, 5) is 41.9. The van der Waals surface area contributed by atoms with Crippen molar-refractivity contribution in [1.29, 1.82) is 0 Å². The third-order valence-corrected chi connectivity index (χ3v) is 5.92. The van der Waals surface area contributed by atoms with Crippen LogP contribution in [0.2, 0.25) is 0 Å². The lowest BCUT2D eigenvalue weighted by molar-refractivity contribution is -0.145. The molecule has 0 saturated heterocycles. The van der Waals surface area contributed by atoms with Crippen LogP contribution in [0.25, 0.3) is 10.9 Å². The second-order valence-corrected chi connectivity index (χ2v) is 10.0. The third kappa shape index (κ3) is 7.98. The van der Waals surface area contributed by atoms with Crippen molar-refractivity contribution in [1.82, 2.24) is 15.6 Å². The first kappa shape index (κ1) is 29.5. The number of carbonyl (C=O) groups is 3. The maximum Gasteiger partial charge on any atom is 0.492 e. The first-order chi connectivity index (χ1) is 18.4. The maximum absolute atomic E-state index is 13.5. The van der Waals surface area contributed by atoms with Crippen molar-refractivity contribution in [3.05, 3.63) is 59.8 Å². The minimum absolute atomic E-state index is 0.0195. The summed E-state index contributed by atoms with van der Waals surface area (Å²) in [6.45, 7) is 5.13. The largest absolute Gasteiger partial charge is 0.497 e. The Labute approximate surface area is 227 Å². The number of amides is 2. The van der Waals surface area contributed by atoms with Gasteiger partial charge in [0.25, 0.3) is 0 Å². The summed E-state index contributed by atoms with van der Waals surface area (Å²) < 4.78 is 15.4. The van der Waals surface area contributed by atoms with Gasteiger partial charge in [0.05, 0.1) is 14.2 Å². The molecule has 2 aromatic carbocycles. The molecule has 1 aromatic heterocycles. The van der Waals surface area contributed by atoms with Crippen LogP contribution in [-0.2, 0) is 31.9 Å². The van der Waals surface area contributed by atoms with Gasteiger partial charge in [0.1, 0.15) is 23.4 Å². The normalized spacial score (nSPS) is 12.8. The van der Waals surface area contributed by atoms with E-state index in [-0.39, 0.29) is 24.1 Å². The number of alkyl carbamates (subject to hydrolysis) is 1. The molecule has 12 heteroatoms. The van der Waals surface area contributed by atoms with Gasteiger partial charge in [0, 0.05) is 35.4 Å². The standard InChI is InChI=1S/C27H34BN3O8/c1-27(2,3)39-26(34)31-21(14-17-15-29-20-9-7-6-8-18(17)20)24(32)30-22(25(33)38-5)13-16-10-11-23(37-4)19(12-16)28(35)36/h6-12,15,21-22,29,35-36H,13-14H2,1-5H3,(H,30,32)(H,31,34)/t21-,22-/m0/s1. The monoisotopic (exact) mass is 539 g/mol. The molecule has 0 fully saturated rings. The number of fused-ring (bicyclic) bond motifs is 1. The van der Waals surface area contributed by atoms with E-state index in [4.69, 9.17) is 14.2 Å². The Kier molecular flexibility index (Phi) is 9.60. The van der Waals surface area contributed by atoms with E-state index in [1.54, 1.807) is 33.0 Å². The van der Waals surface area contributed by atoms with E-state index in [0.717, 1.165) is 16.5 Å². The van der Waals surface area contributed by atoms with Crippen LogP contribution >= 0.6 is 0 Å². The van der Waals surface area contributed by atoms with Crippen molar-refractivity contribution in [2.24, 2.45) is 0 Å². The number of ether oxygens (including phenoxy) is 3. The summed E-state index contributed by atoms with van der Waals surface area (Å²) >= 11 is 0. The Bertz CT molecular complexity index is 1320. The molecular weight excluding hydrogens is 505 g/mol.